The van der Waals surface area contributed by atoms with Crippen molar-refractivity contribution in [2.24, 2.45) is 5.10 Å². The molecule has 0 aliphatic rings. The monoisotopic (exact) mass is 404 g/mol. The summed E-state index contributed by atoms with van der Waals surface area (Å²) in [4.78, 5) is 22.4. The van der Waals surface area contributed by atoms with Gasteiger partial charge in [-0.15, -0.1) is 0 Å². The minimum absolute atomic E-state index is 0.0163. The molecule has 0 unspecified atom stereocenters. The quantitative estimate of drug-likeness (QED) is 0.485. The van der Waals surface area contributed by atoms with Crippen LogP contribution >= 0.6 is 11.6 Å². The number of anilines is 1. The third-order valence-corrected chi connectivity index (χ3v) is 3.85. The first-order chi connectivity index (χ1) is 13.4. The smallest absolute Gasteiger partial charge is 0.257 e. The van der Waals surface area contributed by atoms with Gasteiger partial charge in [0.1, 0.15) is 0 Å². The number of carbonyl (C=O) groups excluding carboxylic acids is 2. The van der Waals surface area contributed by atoms with Crippen LogP contribution in [0.4, 0.5) is 5.69 Å². The Bertz CT molecular complexity index is 886. The van der Waals surface area contributed by atoms with Crippen LogP contribution in [0.15, 0.2) is 41.5 Å². The Hall–Kier alpha value is -3.26. The number of methoxy groups -OCH3 is 1. The first-order valence-electron chi connectivity index (χ1n) is 8.32. The molecule has 0 atom stereocenters. The standard InChI is InChI=1S/C19H20ClN3O5/c1-3-21-18(24)11-28-16-7-4-12(8-17(16)27-2)10-22-23-15-9-13(19(25)26)5-6-14(15)20/h4-10,23H,3,11H2,1-2H3,(H,21,24)(H,25,26)/p-1/b22-10-. The number of likely N-dealkylation sites (N-methyl/N-ethyl adjacent to an activating group) is 1. The molecule has 1 amide bonds. The van der Waals surface area contributed by atoms with Gasteiger partial charge in [-0.1, -0.05) is 17.7 Å². The summed E-state index contributed by atoms with van der Waals surface area (Å²) in [6, 6.07) is 9.17. The summed E-state index contributed by atoms with van der Waals surface area (Å²) in [7, 11) is 1.48. The summed E-state index contributed by atoms with van der Waals surface area (Å²) in [5, 5.41) is 17.9. The number of hydrazone groups is 1. The number of hydrogen-bond acceptors (Lipinski definition) is 7. The Morgan fingerprint density at radius 3 is 2.68 bits per heavy atom. The van der Waals surface area contributed by atoms with Crippen LogP contribution in [0.1, 0.15) is 22.8 Å². The van der Waals surface area contributed by atoms with Gasteiger partial charge in [0.05, 0.1) is 30.0 Å². The van der Waals surface area contributed by atoms with Crippen molar-refractivity contribution in [1.82, 2.24) is 5.32 Å². The van der Waals surface area contributed by atoms with Gasteiger partial charge < -0.3 is 24.7 Å². The molecule has 0 aliphatic carbocycles. The molecule has 28 heavy (non-hydrogen) atoms. The average Bonchev–Trinajstić information content (AvgIpc) is 2.68. The van der Waals surface area contributed by atoms with E-state index in [0.717, 1.165) is 0 Å². The molecule has 0 saturated heterocycles. The highest BCUT2D eigenvalue weighted by Gasteiger charge is 2.08. The van der Waals surface area contributed by atoms with Gasteiger partial charge in [-0.25, -0.2) is 0 Å². The van der Waals surface area contributed by atoms with E-state index in [1.165, 1.54) is 31.5 Å². The summed E-state index contributed by atoms with van der Waals surface area (Å²) in [6.07, 6.45) is 1.50. The van der Waals surface area contributed by atoms with Gasteiger partial charge in [0.2, 0.25) is 0 Å². The van der Waals surface area contributed by atoms with E-state index >= 15 is 0 Å². The van der Waals surface area contributed by atoms with Crippen LogP contribution in [0.3, 0.4) is 0 Å². The summed E-state index contributed by atoms with van der Waals surface area (Å²) in [5.74, 6) is -0.680. The van der Waals surface area contributed by atoms with Crippen LogP contribution in [0.5, 0.6) is 11.5 Å². The molecule has 2 aromatic rings. The molecule has 8 nitrogen and oxygen atoms in total. The molecule has 0 saturated carbocycles. The van der Waals surface area contributed by atoms with Crippen molar-refractivity contribution < 1.29 is 24.2 Å². The summed E-state index contributed by atoms with van der Waals surface area (Å²) in [6.45, 7) is 2.23. The zero-order chi connectivity index (χ0) is 20.5. The normalized spacial score (nSPS) is 10.5. The number of carboxylic acid groups (broad SMARTS) is 1. The van der Waals surface area contributed by atoms with Crippen molar-refractivity contribution >= 4 is 35.4 Å². The molecule has 0 spiro atoms. The summed E-state index contributed by atoms with van der Waals surface area (Å²) >= 11 is 6.01. The van der Waals surface area contributed by atoms with Gasteiger partial charge in [-0.2, -0.15) is 5.10 Å². The fourth-order valence-corrected chi connectivity index (χ4v) is 2.35. The van der Waals surface area contributed by atoms with Crippen LogP contribution in [0.25, 0.3) is 0 Å². The van der Waals surface area contributed by atoms with Crippen LogP contribution in [0, 0.1) is 0 Å². The number of hydrogen-bond donors (Lipinski definition) is 2. The number of carboxylic acids is 1. The molecule has 0 bridgehead atoms. The number of rotatable bonds is 9. The lowest BCUT2D eigenvalue weighted by Crippen LogP contribution is -2.28. The Labute approximate surface area is 167 Å². The molecule has 2 rings (SSSR count). The van der Waals surface area contributed by atoms with E-state index in [9.17, 15) is 14.7 Å². The Balaban J connectivity index is 2.07. The predicted molar refractivity (Wildman–Crippen MR) is 104 cm³/mol. The van der Waals surface area contributed by atoms with Crippen molar-refractivity contribution in [3.8, 4) is 11.5 Å². The maximum Gasteiger partial charge on any atom is 0.257 e. The lowest BCUT2D eigenvalue weighted by Gasteiger charge is -2.11. The fourth-order valence-electron chi connectivity index (χ4n) is 2.19. The summed E-state index contributed by atoms with van der Waals surface area (Å²) < 4.78 is 10.7. The second-order valence-corrected chi connectivity index (χ2v) is 5.91. The van der Waals surface area contributed by atoms with E-state index in [0.29, 0.717) is 34.3 Å². The van der Waals surface area contributed by atoms with Crippen LogP contribution in [-0.2, 0) is 4.79 Å². The Morgan fingerprint density at radius 2 is 2.00 bits per heavy atom. The zero-order valence-corrected chi connectivity index (χ0v) is 16.1. The van der Waals surface area contributed by atoms with Crippen molar-refractivity contribution in [2.75, 3.05) is 25.7 Å². The third kappa shape index (κ3) is 5.88. The molecule has 0 aliphatic heterocycles. The Kier molecular flexibility index (Phi) is 7.65. The van der Waals surface area contributed by atoms with Crippen molar-refractivity contribution in [3.63, 3.8) is 0 Å². The number of amides is 1. The molecular weight excluding hydrogens is 386 g/mol. The summed E-state index contributed by atoms with van der Waals surface area (Å²) in [5.41, 5.74) is 3.68. The number of nitrogens with one attached hydrogen (secondary N) is 2. The zero-order valence-electron chi connectivity index (χ0n) is 15.3. The van der Waals surface area contributed by atoms with Crippen LogP contribution in [-0.4, -0.2) is 38.4 Å². The minimum atomic E-state index is -1.31. The van der Waals surface area contributed by atoms with E-state index in [-0.39, 0.29) is 18.1 Å². The predicted octanol–water partition coefficient (Wildman–Crippen LogP) is 1.67. The Morgan fingerprint density at radius 1 is 1.21 bits per heavy atom. The number of benzene rings is 2. The first kappa shape index (κ1) is 21.0. The number of ether oxygens (including phenoxy) is 2. The van der Waals surface area contributed by atoms with E-state index in [1.807, 2.05) is 6.92 Å². The van der Waals surface area contributed by atoms with Crippen molar-refractivity contribution in [1.29, 1.82) is 0 Å². The number of nitrogens with zero attached hydrogens (tertiary/aromatic N) is 1. The van der Waals surface area contributed by atoms with Crippen LogP contribution in [0.2, 0.25) is 5.02 Å². The maximum absolute atomic E-state index is 11.5. The maximum atomic E-state index is 11.5. The minimum Gasteiger partial charge on any atom is -0.545 e. The van der Waals surface area contributed by atoms with Crippen molar-refractivity contribution in [3.05, 3.63) is 52.5 Å². The molecular formula is C19H19ClN3O5-. The van der Waals surface area contributed by atoms with Gasteiger partial charge in [-0.3, -0.25) is 10.2 Å². The molecule has 2 aromatic carbocycles. The van der Waals surface area contributed by atoms with Gasteiger partial charge >= 0.3 is 0 Å². The van der Waals surface area contributed by atoms with Gasteiger partial charge in [0.25, 0.3) is 5.91 Å². The third-order valence-electron chi connectivity index (χ3n) is 3.52. The van der Waals surface area contributed by atoms with Gasteiger partial charge in [0, 0.05) is 6.54 Å². The molecule has 0 fully saturated rings. The van der Waals surface area contributed by atoms with Crippen molar-refractivity contribution in [2.45, 2.75) is 6.92 Å². The van der Waals surface area contributed by atoms with Gasteiger partial charge in [-0.05, 0) is 48.4 Å². The molecule has 148 valence electrons. The second kappa shape index (κ2) is 10.2. The SMILES string of the molecule is CCNC(=O)COc1ccc(/C=N\Nc2cc(C(=O)[O-])ccc2Cl)cc1OC. The molecule has 9 heteroatoms. The highest BCUT2D eigenvalue weighted by Crippen LogP contribution is 2.27. The second-order valence-electron chi connectivity index (χ2n) is 5.50. The number of halogens is 1. The first-order valence-corrected chi connectivity index (χ1v) is 8.70. The lowest BCUT2D eigenvalue weighted by atomic mass is 10.2. The average molecular weight is 405 g/mol. The van der Waals surface area contributed by atoms with E-state index < -0.39 is 5.97 Å². The largest absolute Gasteiger partial charge is 0.545 e. The topological polar surface area (TPSA) is 112 Å². The highest BCUT2D eigenvalue weighted by molar-refractivity contribution is 6.33. The molecule has 0 heterocycles. The fraction of sp³-hybridized carbons (Fsp3) is 0.211. The highest BCUT2D eigenvalue weighted by atomic mass is 35.5. The number of aromatic carboxylic acids is 1. The lowest BCUT2D eigenvalue weighted by molar-refractivity contribution is -0.255. The molecule has 0 aromatic heterocycles. The molecule has 2 N–H and O–H groups in total. The molecule has 0 radical (unpaired) electrons. The van der Waals surface area contributed by atoms with E-state index in [4.69, 9.17) is 21.1 Å². The number of carbonyl (C=O) groups is 2. The van der Waals surface area contributed by atoms with Crippen LogP contribution < -0.4 is 25.3 Å². The van der Waals surface area contributed by atoms with E-state index in [1.54, 1.807) is 18.2 Å². The van der Waals surface area contributed by atoms with Gasteiger partial charge in [0.15, 0.2) is 18.1 Å². The van der Waals surface area contributed by atoms with E-state index in [2.05, 4.69) is 15.8 Å².